The summed E-state index contributed by atoms with van der Waals surface area (Å²) in [6.07, 6.45) is 0. The second-order valence-corrected chi connectivity index (χ2v) is 9.38. The van der Waals surface area contributed by atoms with Gasteiger partial charge in [-0.25, -0.2) is 4.39 Å². The minimum atomic E-state index is -0.561. The van der Waals surface area contributed by atoms with Crippen LogP contribution < -0.4 is 20.9 Å². The average molecular weight is 560 g/mol. The molecule has 0 unspecified atom stereocenters. The van der Waals surface area contributed by atoms with Crippen molar-refractivity contribution < 1.29 is 18.7 Å². The van der Waals surface area contributed by atoms with Gasteiger partial charge in [0, 0.05) is 28.7 Å². The molecule has 168 valence electrons. The lowest BCUT2D eigenvalue weighted by atomic mass is 10.2. The Labute approximate surface area is 206 Å². The summed E-state index contributed by atoms with van der Waals surface area (Å²) >= 11 is 15.8. The van der Waals surface area contributed by atoms with Crippen LogP contribution in [0.15, 0.2) is 40.9 Å². The van der Waals surface area contributed by atoms with Gasteiger partial charge in [-0.05, 0) is 48.6 Å². The zero-order valence-electron chi connectivity index (χ0n) is 16.8. The minimum Gasteiger partial charge on any atom is -0.484 e. The molecule has 0 saturated carbocycles. The summed E-state index contributed by atoms with van der Waals surface area (Å²) in [4.78, 5) is 26.5. The molecule has 12 heteroatoms. The summed E-state index contributed by atoms with van der Waals surface area (Å²) in [5.74, 6) is -1.10. The van der Waals surface area contributed by atoms with E-state index in [0.717, 1.165) is 0 Å². The first kappa shape index (κ1) is 24.2. The van der Waals surface area contributed by atoms with Gasteiger partial charge in [-0.15, -0.1) is 11.3 Å². The normalized spacial score (nSPS) is 10.5. The maximum atomic E-state index is 13.8. The van der Waals surface area contributed by atoms with Crippen molar-refractivity contribution in [2.45, 2.75) is 0 Å². The molecule has 0 aliphatic heterocycles. The third-order valence-corrected chi connectivity index (χ3v) is 6.69. The van der Waals surface area contributed by atoms with E-state index in [1.807, 2.05) is 0 Å². The first-order valence-corrected chi connectivity index (χ1v) is 11.4. The molecular weight excluding hydrogens is 543 g/mol. The predicted octanol–water partition coefficient (Wildman–Crippen LogP) is 4.55. The molecule has 1 heterocycles. The van der Waals surface area contributed by atoms with Crippen LogP contribution in [0.1, 0.15) is 9.67 Å². The van der Waals surface area contributed by atoms with E-state index in [1.54, 1.807) is 43.3 Å². The largest absolute Gasteiger partial charge is 0.484 e. The number of thiophene rings is 1. The van der Waals surface area contributed by atoms with Crippen molar-refractivity contribution in [2.75, 3.05) is 26.0 Å². The van der Waals surface area contributed by atoms with Gasteiger partial charge in [-0.2, -0.15) is 0 Å². The van der Waals surface area contributed by atoms with E-state index in [1.165, 1.54) is 23.5 Å². The van der Waals surface area contributed by atoms with Crippen molar-refractivity contribution in [1.29, 1.82) is 0 Å². The number of ether oxygens (including phenoxy) is 1. The fourth-order valence-electron chi connectivity index (χ4n) is 2.49. The molecule has 7 nitrogen and oxygen atoms in total. The highest BCUT2D eigenvalue weighted by Gasteiger charge is 2.18. The van der Waals surface area contributed by atoms with Crippen LogP contribution in [-0.4, -0.2) is 42.5 Å². The fraction of sp³-hybridized carbons (Fsp3) is 0.150. The lowest BCUT2D eigenvalue weighted by molar-refractivity contribution is -0.118. The van der Waals surface area contributed by atoms with Gasteiger partial charge >= 0.3 is 0 Å². The van der Waals surface area contributed by atoms with Crippen LogP contribution in [0.4, 0.5) is 10.1 Å². The van der Waals surface area contributed by atoms with Crippen LogP contribution >= 0.6 is 51.1 Å². The van der Waals surface area contributed by atoms with Crippen molar-refractivity contribution >= 4 is 83.8 Å². The predicted molar refractivity (Wildman–Crippen MR) is 132 cm³/mol. The standard InChI is InChI=1S/C20H17BrClFN4O3S2/c1-27(2)20(31)26-25-19(29)18-17(22)12-5-4-11(8-15(12)32-18)30-9-16(28)24-14-6-3-10(21)7-13(14)23/h3-8H,9H2,1-2H3,(H,24,28)(H,25,29)(H,26,31). The van der Waals surface area contributed by atoms with E-state index >= 15 is 0 Å². The number of carbonyl (C=O) groups is 2. The molecule has 0 bridgehead atoms. The van der Waals surface area contributed by atoms with Gasteiger partial charge in [0.2, 0.25) is 0 Å². The number of thiocarbonyl (C=S) groups is 1. The summed E-state index contributed by atoms with van der Waals surface area (Å²) in [7, 11) is 3.48. The monoisotopic (exact) mass is 558 g/mol. The second-order valence-electron chi connectivity index (χ2n) is 6.64. The quantitative estimate of drug-likeness (QED) is 0.314. The highest BCUT2D eigenvalue weighted by Crippen LogP contribution is 2.37. The number of rotatable bonds is 5. The number of hydrogen-bond donors (Lipinski definition) is 3. The molecule has 0 radical (unpaired) electrons. The zero-order chi connectivity index (χ0) is 23.4. The lowest BCUT2D eigenvalue weighted by Gasteiger charge is -2.15. The van der Waals surface area contributed by atoms with Crippen LogP contribution in [0.5, 0.6) is 5.75 Å². The Morgan fingerprint density at radius 3 is 2.66 bits per heavy atom. The van der Waals surface area contributed by atoms with Crippen molar-refractivity contribution in [3.8, 4) is 5.75 Å². The molecule has 3 N–H and O–H groups in total. The summed E-state index contributed by atoms with van der Waals surface area (Å²) in [5, 5.41) is 3.77. The molecule has 3 rings (SSSR count). The lowest BCUT2D eigenvalue weighted by Crippen LogP contribution is -2.46. The van der Waals surface area contributed by atoms with Gasteiger partial charge in [0.05, 0.1) is 10.7 Å². The Hall–Kier alpha value is -2.47. The zero-order valence-corrected chi connectivity index (χ0v) is 20.8. The fourth-order valence-corrected chi connectivity index (χ4v) is 4.31. The number of benzene rings is 2. The van der Waals surface area contributed by atoms with E-state index in [2.05, 4.69) is 32.1 Å². The molecule has 0 saturated heterocycles. The van der Waals surface area contributed by atoms with E-state index in [4.69, 9.17) is 28.6 Å². The number of nitrogens with one attached hydrogen (secondary N) is 3. The number of carbonyl (C=O) groups excluding carboxylic acids is 2. The number of hydrazine groups is 1. The molecule has 0 aliphatic rings. The number of hydrogen-bond acceptors (Lipinski definition) is 5. The van der Waals surface area contributed by atoms with Crippen LogP contribution in [-0.2, 0) is 4.79 Å². The first-order valence-electron chi connectivity index (χ1n) is 9.03. The Balaban J connectivity index is 1.65. The summed E-state index contributed by atoms with van der Waals surface area (Å²) in [5.41, 5.74) is 5.19. The molecule has 2 aromatic carbocycles. The SMILES string of the molecule is CN(C)C(=S)NNC(=O)c1sc2cc(OCC(=O)Nc3ccc(Br)cc3F)ccc2c1Cl. The van der Waals surface area contributed by atoms with Crippen molar-refractivity contribution in [3.63, 3.8) is 0 Å². The molecule has 3 aromatic rings. The summed E-state index contributed by atoms with van der Waals surface area (Å²) in [6.45, 7) is -0.320. The van der Waals surface area contributed by atoms with E-state index in [9.17, 15) is 14.0 Å². The molecule has 32 heavy (non-hydrogen) atoms. The number of fused-ring (bicyclic) bond motifs is 1. The molecule has 0 atom stereocenters. The van der Waals surface area contributed by atoms with Crippen LogP contribution in [0.3, 0.4) is 0 Å². The maximum Gasteiger partial charge on any atom is 0.281 e. The van der Waals surface area contributed by atoms with Crippen LogP contribution in [0, 0.1) is 5.82 Å². The minimum absolute atomic E-state index is 0.0558. The van der Waals surface area contributed by atoms with Gasteiger partial charge in [0.25, 0.3) is 11.8 Å². The number of nitrogens with zero attached hydrogens (tertiary/aromatic N) is 1. The van der Waals surface area contributed by atoms with Gasteiger partial charge < -0.3 is 15.0 Å². The number of halogens is 3. The summed E-state index contributed by atoms with van der Waals surface area (Å²) in [6, 6.07) is 9.32. The Morgan fingerprint density at radius 1 is 1.22 bits per heavy atom. The van der Waals surface area contributed by atoms with Crippen molar-refractivity contribution in [3.05, 3.63) is 56.6 Å². The molecule has 0 spiro atoms. The molecule has 0 fully saturated rings. The van der Waals surface area contributed by atoms with Crippen LogP contribution in [0.25, 0.3) is 10.1 Å². The van der Waals surface area contributed by atoms with Crippen molar-refractivity contribution in [1.82, 2.24) is 15.8 Å². The van der Waals surface area contributed by atoms with Gasteiger partial charge in [0.1, 0.15) is 16.4 Å². The first-order chi connectivity index (χ1) is 15.2. The Bertz CT molecular complexity index is 1210. The van der Waals surface area contributed by atoms with Crippen molar-refractivity contribution in [2.24, 2.45) is 0 Å². The Morgan fingerprint density at radius 2 is 1.97 bits per heavy atom. The molecular formula is C20H17BrClFN4O3S2. The third kappa shape index (κ3) is 5.85. The summed E-state index contributed by atoms with van der Waals surface area (Å²) < 4.78 is 20.6. The second kappa shape index (κ2) is 10.4. The molecule has 1 aromatic heterocycles. The maximum absolute atomic E-state index is 13.8. The molecule has 0 aliphatic carbocycles. The highest BCUT2D eigenvalue weighted by atomic mass is 79.9. The van der Waals surface area contributed by atoms with Gasteiger partial charge in [0.15, 0.2) is 11.7 Å². The number of anilines is 1. The smallest absolute Gasteiger partial charge is 0.281 e. The van der Waals surface area contributed by atoms with Gasteiger partial charge in [-0.1, -0.05) is 27.5 Å². The van der Waals surface area contributed by atoms with E-state index in [-0.39, 0.29) is 12.3 Å². The molecule has 2 amide bonds. The highest BCUT2D eigenvalue weighted by molar-refractivity contribution is 9.10. The van der Waals surface area contributed by atoms with E-state index < -0.39 is 17.6 Å². The van der Waals surface area contributed by atoms with Gasteiger partial charge in [-0.3, -0.25) is 20.4 Å². The Kier molecular flexibility index (Phi) is 7.88. The topological polar surface area (TPSA) is 82.7 Å². The third-order valence-electron chi connectivity index (χ3n) is 4.07. The average Bonchev–Trinajstić information content (AvgIpc) is 3.08. The van der Waals surface area contributed by atoms with E-state index in [0.29, 0.717) is 35.3 Å². The number of amides is 2. The van der Waals surface area contributed by atoms with Crippen LogP contribution in [0.2, 0.25) is 5.02 Å².